The molecule has 2 aromatic heterocycles. The number of imidazole rings is 1. The molecule has 188 valence electrons. The Kier molecular flexibility index (Phi) is 7.52. The number of benzene rings is 2. The maximum Gasteiger partial charge on any atom is 0.387 e. The minimum Gasteiger partial charge on any atom is -0.435 e. The Hall–Kier alpha value is -3.94. The van der Waals surface area contributed by atoms with Crippen LogP contribution in [0.15, 0.2) is 60.9 Å². The van der Waals surface area contributed by atoms with Crippen molar-refractivity contribution in [3.63, 3.8) is 0 Å². The number of hydrogen-bond acceptors (Lipinski definition) is 4. The van der Waals surface area contributed by atoms with Crippen LogP contribution in [-0.2, 0) is 6.42 Å². The van der Waals surface area contributed by atoms with E-state index in [-0.39, 0.29) is 11.7 Å². The number of alkyl halides is 2. The molecule has 4 aromatic rings. The molecule has 0 unspecified atom stereocenters. The number of aromatic nitrogens is 2. The maximum atomic E-state index is 12.9. The second-order valence-electron chi connectivity index (χ2n) is 8.69. The van der Waals surface area contributed by atoms with Crippen LogP contribution in [0.1, 0.15) is 41.8 Å². The summed E-state index contributed by atoms with van der Waals surface area (Å²) in [6.45, 7) is 3.96. The van der Waals surface area contributed by atoms with Gasteiger partial charge in [-0.05, 0) is 79.4 Å². The first-order valence-corrected chi connectivity index (χ1v) is 12.0. The van der Waals surface area contributed by atoms with Gasteiger partial charge in [0.15, 0.2) is 5.65 Å². The van der Waals surface area contributed by atoms with Crippen LogP contribution in [-0.4, -0.2) is 40.4 Å². The largest absolute Gasteiger partial charge is 0.435 e. The molecule has 0 radical (unpaired) electrons. The van der Waals surface area contributed by atoms with Gasteiger partial charge in [0.2, 0.25) is 0 Å². The van der Waals surface area contributed by atoms with Crippen molar-refractivity contribution in [2.24, 2.45) is 0 Å². The number of carbonyl (C=O) groups is 1. The summed E-state index contributed by atoms with van der Waals surface area (Å²) >= 11 is 0. The van der Waals surface area contributed by atoms with Crippen LogP contribution in [0.25, 0.3) is 16.9 Å². The lowest BCUT2D eigenvalue weighted by Crippen LogP contribution is -2.28. The van der Waals surface area contributed by atoms with Crippen LogP contribution in [0.4, 0.5) is 20.2 Å². The summed E-state index contributed by atoms with van der Waals surface area (Å²) in [5.41, 5.74) is 6.82. The summed E-state index contributed by atoms with van der Waals surface area (Å²) in [6.07, 6.45) is 5.33. The number of nitrogens with zero attached hydrogens (tertiary/aromatic N) is 3. The Morgan fingerprint density at radius 2 is 1.89 bits per heavy atom. The Bertz CT molecular complexity index is 1370. The van der Waals surface area contributed by atoms with Crippen LogP contribution in [0, 0.1) is 6.92 Å². The quantitative estimate of drug-likeness (QED) is 0.283. The maximum absolute atomic E-state index is 12.9. The van der Waals surface area contributed by atoms with E-state index in [0.717, 1.165) is 57.8 Å². The predicted molar refractivity (Wildman–Crippen MR) is 138 cm³/mol. The first kappa shape index (κ1) is 25.2. The third-order valence-corrected chi connectivity index (χ3v) is 6.16. The summed E-state index contributed by atoms with van der Waals surface area (Å²) in [4.78, 5) is 19.3. The number of hydrogen-bond donors (Lipinski definition) is 1. The summed E-state index contributed by atoms with van der Waals surface area (Å²) in [5, 5.41) is 3.49. The zero-order valence-electron chi connectivity index (χ0n) is 20.9. The van der Waals surface area contributed by atoms with Crippen molar-refractivity contribution in [3.05, 3.63) is 77.6 Å². The first-order chi connectivity index (χ1) is 17.3. The van der Waals surface area contributed by atoms with Gasteiger partial charge in [-0.3, -0.25) is 9.20 Å². The third kappa shape index (κ3) is 5.17. The molecule has 0 aliphatic heterocycles. The summed E-state index contributed by atoms with van der Waals surface area (Å²) in [5.74, 6) is 0.136. The minimum atomic E-state index is -2.86. The van der Waals surface area contributed by atoms with E-state index >= 15 is 0 Å². The van der Waals surface area contributed by atoms with Crippen LogP contribution < -0.4 is 10.1 Å². The predicted octanol–water partition coefficient (Wildman–Crippen LogP) is 6.70. The van der Waals surface area contributed by atoms with E-state index in [1.165, 1.54) is 12.1 Å². The number of nitrogens with one attached hydrogen (secondary N) is 1. The molecule has 0 bridgehead atoms. The SMILES string of the molecule is CCCN(C)C(=O)c1ccc(Nc2c(C)ccn3c(-c4ccc(OC(F)F)cc4)cnc23)cc1CC. The fourth-order valence-corrected chi connectivity index (χ4v) is 4.28. The zero-order valence-corrected chi connectivity index (χ0v) is 20.9. The van der Waals surface area contributed by atoms with Crippen molar-refractivity contribution in [2.45, 2.75) is 40.2 Å². The fraction of sp³-hybridized carbons (Fsp3) is 0.286. The molecule has 0 saturated heterocycles. The van der Waals surface area contributed by atoms with E-state index in [0.29, 0.717) is 6.54 Å². The lowest BCUT2D eigenvalue weighted by atomic mass is 10.0. The number of fused-ring (bicyclic) bond motifs is 1. The highest BCUT2D eigenvalue weighted by Gasteiger charge is 2.17. The molecule has 1 amide bonds. The van der Waals surface area contributed by atoms with Crippen molar-refractivity contribution in [1.29, 1.82) is 0 Å². The zero-order chi connectivity index (χ0) is 25.8. The fourth-order valence-electron chi connectivity index (χ4n) is 4.28. The van der Waals surface area contributed by atoms with Gasteiger partial charge in [0.1, 0.15) is 5.75 Å². The molecule has 2 heterocycles. The summed E-state index contributed by atoms with van der Waals surface area (Å²) in [7, 11) is 1.83. The highest BCUT2D eigenvalue weighted by molar-refractivity contribution is 5.96. The Morgan fingerprint density at radius 3 is 2.56 bits per heavy atom. The molecule has 1 N–H and O–H groups in total. The Balaban J connectivity index is 1.65. The van der Waals surface area contributed by atoms with Crippen molar-refractivity contribution >= 4 is 22.9 Å². The van der Waals surface area contributed by atoms with Gasteiger partial charge in [0.05, 0.1) is 17.6 Å². The van der Waals surface area contributed by atoms with E-state index in [9.17, 15) is 13.6 Å². The average Bonchev–Trinajstić information content (AvgIpc) is 3.30. The number of aryl methyl sites for hydroxylation is 2. The molecule has 2 aromatic carbocycles. The van der Waals surface area contributed by atoms with E-state index in [1.54, 1.807) is 23.2 Å². The molecule has 0 atom stereocenters. The lowest BCUT2D eigenvalue weighted by molar-refractivity contribution is -0.0498. The van der Waals surface area contributed by atoms with Gasteiger partial charge in [0, 0.05) is 36.6 Å². The number of halogens is 2. The van der Waals surface area contributed by atoms with Crippen LogP contribution >= 0.6 is 0 Å². The van der Waals surface area contributed by atoms with Gasteiger partial charge in [-0.15, -0.1) is 0 Å². The molecule has 0 spiro atoms. The molecule has 0 saturated carbocycles. The van der Waals surface area contributed by atoms with Gasteiger partial charge in [-0.2, -0.15) is 8.78 Å². The minimum absolute atomic E-state index is 0.0291. The lowest BCUT2D eigenvalue weighted by Gasteiger charge is -2.19. The van der Waals surface area contributed by atoms with Crippen molar-refractivity contribution in [1.82, 2.24) is 14.3 Å². The third-order valence-electron chi connectivity index (χ3n) is 6.16. The van der Waals surface area contributed by atoms with Gasteiger partial charge >= 0.3 is 6.61 Å². The molecule has 0 aliphatic rings. The molecule has 0 aliphatic carbocycles. The van der Waals surface area contributed by atoms with Crippen LogP contribution in [0.5, 0.6) is 5.75 Å². The highest BCUT2D eigenvalue weighted by atomic mass is 19.3. The van der Waals surface area contributed by atoms with Crippen molar-refractivity contribution in [3.8, 4) is 17.0 Å². The standard InChI is InChI=1S/C28H30F2N4O2/c1-5-14-33(4)27(35)23-12-9-21(16-19(23)6-2)32-25-18(3)13-15-34-24(17-31-26(25)34)20-7-10-22(11-8-20)36-28(29)30/h7-13,15-17,28,32H,5-6,14H2,1-4H3. The van der Waals surface area contributed by atoms with E-state index < -0.39 is 6.61 Å². The second kappa shape index (κ2) is 10.8. The van der Waals surface area contributed by atoms with Crippen molar-refractivity contribution < 1.29 is 18.3 Å². The summed E-state index contributed by atoms with van der Waals surface area (Å²) < 4.78 is 31.4. The number of rotatable bonds is 9. The molecule has 36 heavy (non-hydrogen) atoms. The number of ether oxygens (including phenoxy) is 1. The van der Waals surface area contributed by atoms with Gasteiger partial charge in [0.25, 0.3) is 5.91 Å². The average molecular weight is 493 g/mol. The normalized spacial score (nSPS) is 11.2. The molecular weight excluding hydrogens is 462 g/mol. The van der Waals surface area contributed by atoms with Crippen molar-refractivity contribution in [2.75, 3.05) is 18.9 Å². The molecule has 6 nitrogen and oxygen atoms in total. The van der Waals surface area contributed by atoms with E-state index in [4.69, 9.17) is 0 Å². The number of anilines is 2. The van der Waals surface area contributed by atoms with Gasteiger partial charge in [-0.25, -0.2) is 4.98 Å². The Labute approximate surface area is 209 Å². The van der Waals surface area contributed by atoms with Crippen LogP contribution in [0.2, 0.25) is 0 Å². The first-order valence-electron chi connectivity index (χ1n) is 12.0. The van der Waals surface area contributed by atoms with E-state index in [1.807, 2.05) is 55.8 Å². The topological polar surface area (TPSA) is 58.9 Å². The Morgan fingerprint density at radius 1 is 1.14 bits per heavy atom. The smallest absolute Gasteiger partial charge is 0.387 e. The van der Waals surface area contributed by atoms with Crippen LogP contribution in [0.3, 0.4) is 0 Å². The number of amides is 1. The van der Waals surface area contributed by atoms with Gasteiger partial charge < -0.3 is 15.0 Å². The molecular formula is C28H30F2N4O2. The molecule has 4 rings (SSSR count). The summed E-state index contributed by atoms with van der Waals surface area (Å²) in [6, 6.07) is 14.3. The van der Waals surface area contributed by atoms with Gasteiger partial charge in [-0.1, -0.05) is 13.8 Å². The number of carbonyl (C=O) groups excluding carboxylic acids is 1. The second-order valence-corrected chi connectivity index (χ2v) is 8.69. The number of pyridine rings is 1. The van der Waals surface area contributed by atoms with E-state index in [2.05, 4.69) is 22.0 Å². The molecule has 0 fully saturated rings. The monoisotopic (exact) mass is 492 g/mol. The molecule has 8 heteroatoms. The highest BCUT2D eigenvalue weighted by Crippen LogP contribution is 2.31.